The molecule has 5 rings (SSSR count). The van der Waals surface area contributed by atoms with Crippen molar-refractivity contribution in [2.75, 3.05) is 33.1 Å². The van der Waals surface area contributed by atoms with E-state index in [0.717, 1.165) is 5.56 Å². The van der Waals surface area contributed by atoms with Crippen molar-refractivity contribution >= 4 is 34.7 Å². The third-order valence-corrected chi connectivity index (χ3v) is 8.88. The number of carbonyl (C=O) groups excluding carboxylic acids is 5. The summed E-state index contributed by atoms with van der Waals surface area (Å²) < 4.78 is 0. The van der Waals surface area contributed by atoms with Crippen LogP contribution in [-0.4, -0.2) is 84.0 Å². The van der Waals surface area contributed by atoms with Gasteiger partial charge in [0.25, 0.3) is 0 Å². The Bertz CT molecular complexity index is 1480. The van der Waals surface area contributed by atoms with E-state index in [4.69, 9.17) is 5.73 Å². The molecule has 0 radical (unpaired) electrons. The lowest BCUT2D eigenvalue weighted by Gasteiger charge is -2.52. The second-order valence-electron chi connectivity index (χ2n) is 11.7. The average molecular weight is 548 g/mol. The van der Waals surface area contributed by atoms with Gasteiger partial charge in [-0.1, -0.05) is 29.8 Å². The number of hydrogen-bond donors (Lipinski definition) is 3. The minimum atomic E-state index is -2.74. The van der Waals surface area contributed by atoms with E-state index in [1.165, 1.54) is 4.90 Å². The van der Waals surface area contributed by atoms with E-state index in [1.54, 1.807) is 20.2 Å². The van der Waals surface area contributed by atoms with E-state index >= 15 is 0 Å². The Morgan fingerprint density at radius 1 is 1.02 bits per heavy atom. The van der Waals surface area contributed by atoms with E-state index < -0.39 is 64.4 Å². The third-order valence-electron chi connectivity index (χ3n) is 8.88. The lowest BCUT2D eigenvalue weighted by atomic mass is 9.52. The number of Topliss-reactive ketones (excluding diaryl/α,β-unsaturated/α-hetero) is 4. The van der Waals surface area contributed by atoms with Gasteiger partial charge in [-0.2, -0.15) is 0 Å². The SMILES string of the molecule is Cc1ccc(-c2cc(N(C)C)c3c(c2O)C(=O)C2C(=O)[C@]4(O)C(=O)C(C(N)=O)C(=O)[C@@H](N(C)C)[C@@H]4C[C@@H]2C3)cc1. The van der Waals surface area contributed by atoms with Crippen LogP contribution in [0.15, 0.2) is 30.3 Å². The van der Waals surface area contributed by atoms with Gasteiger partial charge in [-0.05, 0) is 57.0 Å². The first-order valence-electron chi connectivity index (χ1n) is 13.2. The maximum absolute atomic E-state index is 14.1. The molecule has 4 N–H and O–H groups in total. The molecule has 6 atom stereocenters. The number of benzene rings is 2. The zero-order chi connectivity index (χ0) is 29.4. The second kappa shape index (κ2) is 9.35. The van der Waals surface area contributed by atoms with Gasteiger partial charge in [0.1, 0.15) is 5.75 Å². The first-order valence-corrected chi connectivity index (χ1v) is 13.2. The molecule has 10 nitrogen and oxygen atoms in total. The number of amides is 1. The summed E-state index contributed by atoms with van der Waals surface area (Å²) in [4.78, 5) is 70.3. The molecule has 2 aromatic rings. The van der Waals surface area contributed by atoms with Crippen LogP contribution >= 0.6 is 0 Å². The molecule has 10 heteroatoms. The van der Waals surface area contributed by atoms with Crippen LogP contribution < -0.4 is 10.6 Å². The zero-order valence-corrected chi connectivity index (χ0v) is 23.1. The number of likely N-dealkylation sites (N-methyl/N-ethyl adjacent to an activating group) is 1. The Morgan fingerprint density at radius 3 is 2.20 bits per heavy atom. The maximum Gasteiger partial charge on any atom is 0.235 e. The zero-order valence-electron chi connectivity index (χ0n) is 23.1. The summed E-state index contributed by atoms with van der Waals surface area (Å²) in [5.74, 6) is -10.5. The van der Waals surface area contributed by atoms with Crippen molar-refractivity contribution in [3.05, 3.63) is 47.0 Å². The second-order valence-corrected chi connectivity index (χ2v) is 11.7. The van der Waals surface area contributed by atoms with Crippen LogP contribution in [0.5, 0.6) is 5.75 Å². The lowest BCUT2D eigenvalue weighted by Crippen LogP contribution is -2.74. The van der Waals surface area contributed by atoms with Gasteiger partial charge in [0.05, 0.1) is 17.5 Å². The summed E-state index contributed by atoms with van der Waals surface area (Å²) in [6, 6.07) is 8.10. The van der Waals surface area contributed by atoms with E-state index in [9.17, 15) is 34.2 Å². The minimum Gasteiger partial charge on any atom is -0.507 e. The molecular weight excluding hydrogens is 514 g/mol. The number of primary amides is 1. The van der Waals surface area contributed by atoms with Crippen LogP contribution in [0.2, 0.25) is 0 Å². The number of aromatic hydroxyl groups is 1. The number of fused-ring (bicyclic) bond motifs is 3. The van der Waals surface area contributed by atoms with Crippen LogP contribution in [0.25, 0.3) is 11.1 Å². The van der Waals surface area contributed by atoms with Crippen molar-refractivity contribution < 1.29 is 34.2 Å². The van der Waals surface area contributed by atoms with Gasteiger partial charge in [-0.3, -0.25) is 28.9 Å². The van der Waals surface area contributed by atoms with Crippen LogP contribution in [-0.2, 0) is 25.6 Å². The fourth-order valence-electron chi connectivity index (χ4n) is 7.00. The molecule has 2 saturated carbocycles. The molecule has 0 aromatic heterocycles. The average Bonchev–Trinajstić information content (AvgIpc) is 2.86. The molecular formula is C30H33N3O7. The highest BCUT2D eigenvalue weighted by molar-refractivity contribution is 6.32. The van der Waals surface area contributed by atoms with Gasteiger partial charge in [-0.25, -0.2) is 0 Å². The van der Waals surface area contributed by atoms with Crippen molar-refractivity contribution in [2.45, 2.75) is 31.4 Å². The van der Waals surface area contributed by atoms with Crippen molar-refractivity contribution in [1.29, 1.82) is 0 Å². The predicted molar refractivity (Wildman–Crippen MR) is 146 cm³/mol. The normalized spacial score (nSPS) is 29.6. The van der Waals surface area contributed by atoms with Crippen molar-refractivity contribution in [3.63, 3.8) is 0 Å². The third kappa shape index (κ3) is 3.73. The van der Waals surface area contributed by atoms with Crippen LogP contribution in [0.3, 0.4) is 0 Å². The molecule has 2 fully saturated rings. The van der Waals surface area contributed by atoms with Gasteiger partial charge in [0, 0.05) is 31.3 Å². The number of ketones is 4. The number of phenols is 1. The van der Waals surface area contributed by atoms with Gasteiger partial charge in [-0.15, -0.1) is 0 Å². The van der Waals surface area contributed by atoms with E-state index in [1.807, 2.05) is 50.2 Å². The number of carbonyl (C=O) groups is 5. The monoisotopic (exact) mass is 547 g/mol. The standard InChI is InChI=1S/C30H33N3O7/c1-13-6-8-14(9-7-13)16-12-19(32(2)3)17-10-15-11-18-23(33(4)5)26(36)22(29(31)39)28(38)30(18,40)27(37)20(15)25(35)21(17)24(16)34/h6-9,12,15,18,20,22-23,34,40H,10-11H2,1-5H3,(H2,31,39)/t15-,18-,20?,22?,23-,30-/m0/s1. The van der Waals surface area contributed by atoms with Gasteiger partial charge in [0.2, 0.25) is 5.91 Å². The number of hydrogen-bond acceptors (Lipinski definition) is 9. The number of aryl methyl sites for hydroxylation is 1. The summed E-state index contributed by atoms with van der Waals surface area (Å²) in [5.41, 5.74) is 5.98. The Morgan fingerprint density at radius 2 is 1.65 bits per heavy atom. The van der Waals surface area contributed by atoms with E-state index in [-0.39, 0.29) is 24.2 Å². The first kappa shape index (κ1) is 27.7. The van der Waals surface area contributed by atoms with Crippen LogP contribution in [0.4, 0.5) is 5.69 Å². The maximum atomic E-state index is 14.1. The molecule has 0 heterocycles. The molecule has 0 aliphatic heterocycles. The number of phenolic OH excluding ortho intramolecular Hbond substituents is 1. The summed E-state index contributed by atoms with van der Waals surface area (Å²) in [6.07, 6.45) is 0.221. The Balaban J connectivity index is 1.69. The highest BCUT2D eigenvalue weighted by Gasteiger charge is 2.69. The van der Waals surface area contributed by atoms with E-state index in [0.29, 0.717) is 22.4 Å². The topological polar surface area (TPSA) is 158 Å². The Kier molecular flexibility index (Phi) is 6.47. The van der Waals surface area contributed by atoms with Crippen LogP contribution in [0.1, 0.15) is 27.9 Å². The fourth-order valence-corrected chi connectivity index (χ4v) is 7.00. The molecule has 0 bridgehead atoms. The van der Waals surface area contributed by atoms with Gasteiger partial charge in [0.15, 0.2) is 34.7 Å². The molecule has 40 heavy (non-hydrogen) atoms. The highest BCUT2D eigenvalue weighted by Crippen LogP contribution is 2.53. The molecule has 2 aromatic carbocycles. The number of anilines is 1. The molecule has 0 saturated heterocycles. The summed E-state index contributed by atoms with van der Waals surface area (Å²) in [7, 11) is 6.75. The van der Waals surface area contributed by atoms with Crippen molar-refractivity contribution in [3.8, 4) is 16.9 Å². The molecule has 3 aliphatic carbocycles. The van der Waals surface area contributed by atoms with Crippen molar-refractivity contribution in [2.24, 2.45) is 29.4 Å². The fraction of sp³-hybridized carbons (Fsp3) is 0.433. The number of nitrogens with two attached hydrogens (primary N) is 1. The van der Waals surface area contributed by atoms with Crippen molar-refractivity contribution in [1.82, 2.24) is 4.90 Å². The molecule has 3 aliphatic rings. The minimum absolute atomic E-state index is 0.0112. The highest BCUT2D eigenvalue weighted by atomic mass is 16.3. The lowest BCUT2D eigenvalue weighted by molar-refractivity contribution is -0.181. The van der Waals surface area contributed by atoms with Gasteiger partial charge < -0.3 is 20.8 Å². The van der Waals surface area contributed by atoms with Gasteiger partial charge >= 0.3 is 0 Å². The van der Waals surface area contributed by atoms with E-state index in [2.05, 4.69) is 0 Å². The first-order chi connectivity index (χ1) is 18.7. The smallest absolute Gasteiger partial charge is 0.235 e. The summed E-state index contributed by atoms with van der Waals surface area (Å²) in [5, 5.41) is 23.2. The molecule has 0 spiro atoms. The summed E-state index contributed by atoms with van der Waals surface area (Å²) in [6.45, 7) is 1.93. The molecule has 2 unspecified atom stereocenters. The number of nitrogens with zero attached hydrogens (tertiary/aromatic N) is 2. The largest absolute Gasteiger partial charge is 0.507 e. The number of rotatable bonds is 4. The Labute approximate surface area is 231 Å². The Hall–Kier alpha value is -3.89. The molecule has 1 amide bonds. The van der Waals surface area contributed by atoms with Crippen LogP contribution in [0, 0.1) is 30.6 Å². The molecule has 210 valence electrons. The predicted octanol–water partition coefficient (Wildman–Crippen LogP) is 0.908. The quantitative estimate of drug-likeness (QED) is 0.473. The summed E-state index contributed by atoms with van der Waals surface area (Å²) >= 11 is 0. The number of aliphatic hydroxyl groups is 1.